The normalized spacial score (nSPS) is 13.6. The van der Waals surface area contributed by atoms with Crippen LogP contribution in [-0.2, 0) is 4.74 Å². The molecule has 1 atom stereocenters. The number of unbranched alkanes of at least 4 members (excludes halogenated alkanes) is 2. The lowest BCUT2D eigenvalue weighted by atomic mass is 10.1. The Morgan fingerprint density at radius 3 is 2.75 bits per heavy atom. The van der Waals surface area contributed by atoms with Crippen LogP contribution >= 0.6 is 0 Å². The summed E-state index contributed by atoms with van der Waals surface area (Å²) in [6, 6.07) is 0.392. The summed E-state index contributed by atoms with van der Waals surface area (Å²) in [4.78, 5) is 4.24. The lowest BCUT2D eigenvalue weighted by Gasteiger charge is -2.16. The molecule has 0 aromatic rings. The van der Waals surface area contributed by atoms with E-state index in [9.17, 15) is 0 Å². The van der Waals surface area contributed by atoms with Gasteiger partial charge in [-0.2, -0.15) is 0 Å². The van der Waals surface area contributed by atoms with Gasteiger partial charge in [-0.05, 0) is 13.3 Å². The summed E-state index contributed by atoms with van der Waals surface area (Å²) in [6.45, 7) is 5.57. The van der Waals surface area contributed by atoms with E-state index in [1.54, 1.807) is 7.11 Å². The Labute approximate surface area is 98.8 Å². The molecule has 5 nitrogen and oxygen atoms in total. The van der Waals surface area contributed by atoms with E-state index in [1.165, 1.54) is 19.3 Å². The molecule has 0 heterocycles. The number of rotatable bonds is 8. The van der Waals surface area contributed by atoms with Gasteiger partial charge < -0.3 is 10.1 Å². The standard InChI is InChI=1S/C11H26N4O/c1-4-5-6-7-10(2)14-11(15-12)13-8-9-16-3/h10H,4-9,12H2,1-3H3,(H2,13,14,15). The SMILES string of the molecule is CCCCCC(C)NC(=NCCOC)NN. The number of hydrogen-bond acceptors (Lipinski definition) is 3. The lowest BCUT2D eigenvalue weighted by Crippen LogP contribution is -2.45. The van der Waals surface area contributed by atoms with E-state index in [2.05, 4.69) is 29.6 Å². The van der Waals surface area contributed by atoms with Crippen molar-refractivity contribution in [3.8, 4) is 0 Å². The van der Waals surface area contributed by atoms with Crippen molar-refractivity contribution in [2.24, 2.45) is 10.8 Å². The summed E-state index contributed by atoms with van der Waals surface area (Å²) in [5.74, 6) is 6.01. The minimum absolute atomic E-state index is 0.392. The van der Waals surface area contributed by atoms with E-state index in [0.717, 1.165) is 6.42 Å². The van der Waals surface area contributed by atoms with Crippen LogP contribution in [0.3, 0.4) is 0 Å². The smallest absolute Gasteiger partial charge is 0.206 e. The largest absolute Gasteiger partial charge is 0.383 e. The van der Waals surface area contributed by atoms with Gasteiger partial charge in [0.2, 0.25) is 5.96 Å². The fraction of sp³-hybridized carbons (Fsp3) is 0.909. The Morgan fingerprint density at radius 1 is 1.44 bits per heavy atom. The molecule has 0 fully saturated rings. The van der Waals surface area contributed by atoms with Crippen LogP contribution in [0.4, 0.5) is 0 Å². The first-order valence-corrected chi connectivity index (χ1v) is 6.01. The highest BCUT2D eigenvalue weighted by Crippen LogP contribution is 2.02. The maximum absolute atomic E-state index is 5.37. The third-order valence-electron chi connectivity index (χ3n) is 2.33. The zero-order valence-corrected chi connectivity index (χ0v) is 10.8. The molecule has 0 aliphatic carbocycles. The Bertz CT molecular complexity index is 185. The van der Waals surface area contributed by atoms with Crippen LogP contribution in [0.25, 0.3) is 0 Å². The molecule has 0 radical (unpaired) electrons. The molecule has 96 valence electrons. The van der Waals surface area contributed by atoms with E-state index in [0.29, 0.717) is 25.2 Å². The van der Waals surface area contributed by atoms with Crippen LogP contribution in [0.5, 0.6) is 0 Å². The van der Waals surface area contributed by atoms with Crippen molar-refractivity contribution in [1.82, 2.24) is 10.7 Å². The monoisotopic (exact) mass is 230 g/mol. The molecule has 16 heavy (non-hydrogen) atoms. The first-order valence-electron chi connectivity index (χ1n) is 6.01. The third kappa shape index (κ3) is 8.49. The van der Waals surface area contributed by atoms with E-state index in [-0.39, 0.29) is 0 Å². The average Bonchev–Trinajstić information content (AvgIpc) is 2.28. The highest BCUT2D eigenvalue weighted by atomic mass is 16.5. The van der Waals surface area contributed by atoms with Crippen molar-refractivity contribution in [2.45, 2.75) is 45.6 Å². The van der Waals surface area contributed by atoms with Gasteiger partial charge in [-0.3, -0.25) is 5.43 Å². The number of nitrogens with zero attached hydrogens (tertiary/aromatic N) is 1. The number of aliphatic imine (C=N–C) groups is 1. The maximum atomic E-state index is 5.37. The molecule has 0 saturated carbocycles. The van der Waals surface area contributed by atoms with Crippen molar-refractivity contribution < 1.29 is 4.74 Å². The topological polar surface area (TPSA) is 71.7 Å². The van der Waals surface area contributed by atoms with Gasteiger partial charge in [-0.1, -0.05) is 26.2 Å². The van der Waals surface area contributed by atoms with Crippen molar-refractivity contribution in [3.05, 3.63) is 0 Å². The van der Waals surface area contributed by atoms with Crippen LogP contribution in [0, 0.1) is 0 Å². The van der Waals surface area contributed by atoms with Gasteiger partial charge in [0.1, 0.15) is 0 Å². The minimum atomic E-state index is 0.392. The molecule has 5 heteroatoms. The third-order valence-corrected chi connectivity index (χ3v) is 2.33. The zero-order valence-electron chi connectivity index (χ0n) is 10.8. The summed E-state index contributed by atoms with van der Waals surface area (Å²) in [5.41, 5.74) is 2.57. The van der Waals surface area contributed by atoms with E-state index in [4.69, 9.17) is 10.6 Å². The van der Waals surface area contributed by atoms with Crippen LogP contribution in [-0.4, -0.2) is 32.3 Å². The molecule has 0 aliphatic rings. The number of nitrogens with one attached hydrogen (secondary N) is 2. The molecule has 0 aromatic heterocycles. The summed E-state index contributed by atoms with van der Waals surface area (Å²) < 4.78 is 4.92. The molecule has 0 saturated heterocycles. The Morgan fingerprint density at radius 2 is 2.19 bits per heavy atom. The van der Waals surface area contributed by atoms with Gasteiger partial charge in [0.05, 0.1) is 13.2 Å². The summed E-state index contributed by atoms with van der Waals surface area (Å²) in [7, 11) is 1.66. The fourth-order valence-corrected chi connectivity index (χ4v) is 1.39. The van der Waals surface area contributed by atoms with Crippen molar-refractivity contribution in [3.63, 3.8) is 0 Å². The van der Waals surface area contributed by atoms with Gasteiger partial charge in [-0.15, -0.1) is 0 Å². The van der Waals surface area contributed by atoms with Gasteiger partial charge in [0.25, 0.3) is 0 Å². The molecule has 0 spiro atoms. The molecule has 0 aliphatic heterocycles. The quantitative estimate of drug-likeness (QED) is 0.191. The molecule has 0 bridgehead atoms. The van der Waals surface area contributed by atoms with Crippen LogP contribution in [0.2, 0.25) is 0 Å². The first kappa shape index (κ1) is 15.2. The van der Waals surface area contributed by atoms with Gasteiger partial charge in [0, 0.05) is 13.2 Å². The van der Waals surface area contributed by atoms with Gasteiger partial charge in [-0.25, -0.2) is 10.8 Å². The lowest BCUT2D eigenvalue weighted by molar-refractivity contribution is 0.208. The summed E-state index contributed by atoms with van der Waals surface area (Å²) >= 11 is 0. The minimum Gasteiger partial charge on any atom is -0.383 e. The van der Waals surface area contributed by atoms with E-state index >= 15 is 0 Å². The number of methoxy groups -OCH3 is 1. The highest BCUT2D eigenvalue weighted by Gasteiger charge is 2.03. The molecule has 4 N–H and O–H groups in total. The van der Waals surface area contributed by atoms with Crippen molar-refractivity contribution >= 4 is 5.96 Å². The molecule has 0 rings (SSSR count). The predicted molar refractivity (Wildman–Crippen MR) is 68.2 cm³/mol. The molecule has 1 unspecified atom stereocenters. The molecule has 0 aromatic carbocycles. The number of ether oxygens (including phenoxy) is 1. The van der Waals surface area contributed by atoms with E-state index < -0.39 is 0 Å². The van der Waals surface area contributed by atoms with Crippen LogP contribution in [0.1, 0.15) is 39.5 Å². The van der Waals surface area contributed by atoms with Crippen LogP contribution < -0.4 is 16.6 Å². The second-order valence-corrected chi connectivity index (χ2v) is 3.91. The predicted octanol–water partition coefficient (Wildman–Crippen LogP) is 1.01. The average molecular weight is 230 g/mol. The second-order valence-electron chi connectivity index (χ2n) is 3.91. The molecular formula is C11H26N4O. The van der Waals surface area contributed by atoms with Crippen molar-refractivity contribution in [2.75, 3.05) is 20.3 Å². The number of guanidine groups is 1. The fourth-order valence-electron chi connectivity index (χ4n) is 1.39. The highest BCUT2D eigenvalue weighted by molar-refractivity contribution is 5.79. The van der Waals surface area contributed by atoms with Crippen LogP contribution in [0.15, 0.2) is 4.99 Å². The molecular weight excluding hydrogens is 204 g/mol. The maximum Gasteiger partial charge on any atom is 0.206 e. The summed E-state index contributed by atoms with van der Waals surface area (Å²) in [6.07, 6.45) is 4.90. The summed E-state index contributed by atoms with van der Waals surface area (Å²) in [5, 5.41) is 3.24. The first-order chi connectivity index (χ1) is 7.74. The number of nitrogens with two attached hydrogens (primary N) is 1. The Balaban J connectivity index is 3.77. The Hall–Kier alpha value is -0.810. The van der Waals surface area contributed by atoms with E-state index in [1.807, 2.05) is 0 Å². The second kappa shape index (κ2) is 10.7. The van der Waals surface area contributed by atoms with Gasteiger partial charge >= 0.3 is 0 Å². The zero-order chi connectivity index (χ0) is 12.2. The number of hydrogen-bond donors (Lipinski definition) is 3. The van der Waals surface area contributed by atoms with Crippen molar-refractivity contribution in [1.29, 1.82) is 0 Å². The Kier molecular flexibility index (Phi) is 10.2. The number of hydrazine groups is 1. The molecule has 0 amide bonds. The van der Waals surface area contributed by atoms with Gasteiger partial charge in [0.15, 0.2) is 0 Å².